The van der Waals surface area contributed by atoms with Gasteiger partial charge in [-0.2, -0.15) is 5.10 Å². The molecule has 0 aliphatic heterocycles. The van der Waals surface area contributed by atoms with Gasteiger partial charge in [0.2, 0.25) is 0 Å². The molecule has 170 valence electrons. The molecule has 0 aliphatic rings. The zero-order chi connectivity index (χ0) is 23.8. The number of carbonyl (C=O) groups is 1. The van der Waals surface area contributed by atoms with E-state index in [0.717, 1.165) is 0 Å². The molecule has 2 aromatic carbocycles. The lowest BCUT2D eigenvalue weighted by Gasteiger charge is -2.26. The summed E-state index contributed by atoms with van der Waals surface area (Å²) in [6, 6.07) is 16.5. The van der Waals surface area contributed by atoms with Gasteiger partial charge in [0.05, 0.1) is 12.2 Å². The maximum atomic E-state index is 14.1. The van der Waals surface area contributed by atoms with Gasteiger partial charge in [-0.25, -0.2) is 9.07 Å². The van der Waals surface area contributed by atoms with Crippen LogP contribution in [0.3, 0.4) is 0 Å². The molecule has 0 amide bonds. The average Bonchev–Trinajstić information content (AvgIpc) is 3.00. The third kappa shape index (κ3) is 4.64. The Kier molecular flexibility index (Phi) is 5.76. The molecule has 0 bridgehead atoms. The Hall–Kier alpha value is -3.94. The van der Waals surface area contributed by atoms with Crippen molar-refractivity contribution in [1.29, 1.82) is 0 Å². The van der Waals surface area contributed by atoms with Crippen LogP contribution in [0.15, 0.2) is 65.5 Å². The molecule has 1 N–H and O–H groups in total. The first-order chi connectivity index (χ1) is 15.6. The summed E-state index contributed by atoms with van der Waals surface area (Å²) in [5, 5.41) is 14.4. The summed E-state index contributed by atoms with van der Waals surface area (Å²) in [5.41, 5.74) is 1.19. The van der Waals surface area contributed by atoms with E-state index in [1.54, 1.807) is 23.6 Å². The number of carboxylic acid groups (broad SMARTS) is 1. The van der Waals surface area contributed by atoms with Crippen molar-refractivity contribution >= 4 is 16.9 Å². The fraction of sp³-hybridized carbons (Fsp3) is 0.240. The van der Waals surface area contributed by atoms with Crippen molar-refractivity contribution in [2.75, 3.05) is 0 Å². The van der Waals surface area contributed by atoms with Crippen LogP contribution in [-0.2, 0) is 17.9 Å². The Labute approximate surface area is 189 Å². The summed E-state index contributed by atoms with van der Waals surface area (Å²) in [6.07, 6.45) is 0. The van der Waals surface area contributed by atoms with E-state index in [9.17, 15) is 19.1 Å². The largest absolute Gasteiger partial charge is 0.486 e. The number of benzene rings is 2. The van der Waals surface area contributed by atoms with E-state index in [1.807, 2.05) is 44.2 Å². The molecule has 4 aromatic rings. The maximum Gasteiger partial charge on any atom is 0.323 e. The second-order valence-corrected chi connectivity index (χ2v) is 8.49. The Bertz CT molecular complexity index is 1390. The molecule has 7 nitrogen and oxygen atoms in total. The number of nitrogens with zero attached hydrogens (tertiary/aromatic N) is 3. The molecule has 0 unspecified atom stereocenters. The van der Waals surface area contributed by atoms with Crippen molar-refractivity contribution in [3.05, 3.63) is 82.5 Å². The molecular formula is C25H24FN3O4. The molecule has 0 aliphatic carbocycles. The Morgan fingerprint density at radius 2 is 1.85 bits per heavy atom. The highest BCUT2D eigenvalue weighted by Crippen LogP contribution is 2.34. The van der Waals surface area contributed by atoms with Crippen molar-refractivity contribution in [1.82, 2.24) is 14.3 Å². The molecule has 8 heteroatoms. The molecular weight excluding hydrogens is 425 g/mol. The van der Waals surface area contributed by atoms with E-state index in [2.05, 4.69) is 5.10 Å². The summed E-state index contributed by atoms with van der Waals surface area (Å²) in [5.74, 6) is -0.777. The van der Waals surface area contributed by atoms with Crippen molar-refractivity contribution in [3.8, 4) is 17.0 Å². The van der Waals surface area contributed by atoms with Crippen LogP contribution >= 0.6 is 0 Å². The van der Waals surface area contributed by atoms with Crippen LogP contribution in [0.5, 0.6) is 5.75 Å². The molecule has 0 saturated carbocycles. The van der Waals surface area contributed by atoms with Gasteiger partial charge in [0.1, 0.15) is 23.7 Å². The zero-order valence-electron chi connectivity index (χ0n) is 18.6. The van der Waals surface area contributed by atoms with Gasteiger partial charge in [-0.3, -0.25) is 9.59 Å². The Morgan fingerprint density at radius 3 is 2.55 bits per heavy atom. The summed E-state index contributed by atoms with van der Waals surface area (Å²) >= 11 is 0. The lowest BCUT2D eigenvalue weighted by molar-refractivity contribution is -0.137. The number of hydrogen-bond donors (Lipinski definition) is 1. The monoisotopic (exact) mass is 449 g/mol. The number of ether oxygens (including phenoxy) is 1. The van der Waals surface area contributed by atoms with Crippen molar-refractivity contribution < 1.29 is 19.0 Å². The fourth-order valence-electron chi connectivity index (χ4n) is 4.01. The highest BCUT2D eigenvalue weighted by Gasteiger charge is 2.24. The number of hydrogen-bond acceptors (Lipinski definition) is 4. The number of rotatable bonds is 7. The van der Waals surface area contributed by atoms with Crippen LogP contribution in [0.4, 0.5) is 4.39 Å². The molecule has 0 radical (unpaired) electrons. The summed E-state index contributed by atoms with van der Waals surface area (Å²) in [7, 11) is 0. The molecule has 0 fully saturated rings. The number of para-hydroxylation sites is 1. The van der Waals surface area contributed by atoms with Gasteiger partial charge in [0.25, 0.3) is 5.56 Å². The van der Waals surface area contributed by atoms with Gasteiger partial charge in [-0.15, -0.1) is 0 Å². The number of aliphatic carboxylic acids is 1. The minimum Gasteiger partial charge on any atom is -0.486 e. The van der Waals surface area contributed by atoms with Gasteiger partial charge in [-0.05, 0) is 57.2 Å². The molecule has 2 heterocycles. The lowest BCUT2D eigenvalue weighted by Crippen LogP contribution is -2.38. The SMILES string of the molecule is Cc1c(-c2ccc(=O)n(CC(C)(C)Oc3ccccc3)n2)c2cc(F)ccc2n1CC(=O)O. The van der Waals surface area contributed by atoms with Crippen LogP contribution in [-0.4, -0.2) is 31.0 Å². The number of halogens is 1. The highest BCUT2D eigenvalue weighted by molar-refractivity contribution is 5.97. The van der Waals surface area contributed by atoms with Crippen molar-refractivity contribution in [2.45, 2.75) is 39.5 Å². The average molecular weight is 449 g/mol. The highest BCUT2D eigenvalue weighted by atomic mass is 19.1. The topological polar surface area (TPSA) is 86.4 Å². The third-order valence-corrected chi connectivity index (χ3v) is 5.37. The van der Waals surface area contributed by atoms with Crippen LogP contribution in [0, 0.1) is 12.7 Å². The van der Waals surface area contributed by atoms with Crippen LogP contribution < -0.4 is 10.3 Å². The first kappa shape index (κ1) is 22.3. The second-order valence-electron chi connectivity index (χ2n) is 8.49. The van der Waals surface area contributed by atoms with E-state index < -0.39 is 17.4 Å². The van der Waals surface area contributed by atoms with Crippen molar-refractivity contribution in [3.63, 3.8) is 0 Å². The van der Waals surface area contributed by atoms with Gasteiger partial charge in [0, 0.05) is 28.2 Å². The summed E-state index contributed by atoms with van der Waals surface area (Å²) in [4.78, 5) is 24.0. The number of fused-ring (bicyclic) bond motifs is 1. The second kappa shape index (κ2) is 8.54. The predicted molar refractivity (Wildman–Crippen MR) is 123 cm³/mol. The zero-order valence-corrected chi connectivity index (χ0v) is 18.6. The molecule has 0 saturated heterocycles. The quantitative estimate of drug-likeness (QED) is 0.456. The van der Waals surface area contributed by atoms with Crippen LogP contribution in [0.1, 0.15) is 19.5 Å². The molecule has 0 atom stereocenters. The normalized spacial score (nSPS) is 11.6. The van der Waals surface area contributed by atoms with Gasteiger partial charge < -0.3 is 14.4 Å². The van der Waals surface area contributed by atoms with E-state index in [1.165, 1.54) is 22.9 Å². The molecule has 0 spiro atoms. The Morgan fingerprint density at radius 1 is 1.12 bits per heavy atom. The van der Waals surface area contributed by atoms with Gasteiger partial charge in [0.15, 0.2) is 0 Å². The number of aromatic nitrogens is 3. The van der Waals surface area contributed by atoms with E-state index in [0.29, 0.717) is 33.6 Å². The maximum absolute atomic E-state index is 14.1. The standard InChI is InChI=1S/C25H24FN3O4/c1-16-24(19-13-17(26)9-11-21(19)28(16)14-23(31)32)20-10-12-22(30)29(27-20)15-25(2,3)33-18-7-5-4-6-8-18/h4-13H,14-15H2,1-3H3,(H,31,32). The minimum absolute atomic E-state index is 0.176. The minimum atomic E-state index is -1.01. The molecule has 33 heavy (non-hydrogen) atoms. The van der Waals surface area contributed by atoms with Crippen LogP contribution in [0.25, 0.3) is 22.2 Å². The third-order valence-electron chi connectivity index (χ3n) is 5.37. The van der Waals surface area contributed by atoms with E-state index >= 15 is 0 Å². The fourth-order valence-corrected chi connectivity index (χ4v) is 4.01. The molecule has 2 aromatic heterocycles. The summed E-state index contributed by atoms with van der Waals surface area (Å²) < 4.78 is 23.1. The van der Waals surface area contributed by atoms with Gasteiger partial charge in [-0.1, -0.05) is 18.2 Å². The van der Waals surface area contributed by atoms with Crippen molar-refractivity contribution in [2.24, 2.45) is 0 Å². The first-order valence-corrected chi connectivity index (χ1v) is 10.5. The van der Waals surface area contributed by atoms with Gasteiger partial charge >= 0.3 is 5.97 Å². The first-order valence-electron chi connectivity index (χ1n) is 10.5. The Balaban J connectivity index is 1.78. The van der Waals surface area contributed by atoms with E-state index in [4.69, 9.17) is 4.74 Å². The molecule has 4 rings (SSSR count). The summed E-state index contributed by atoms with van der Waals surface area (Å²) in [6.45, 7) is 5.39. The van der Waals surface area contributed by atoms with E-state index in [-0.39, 0.29) is 18.6 Å². The lowest BCUT2D eigenvalue weighted by atomic mass is 10.1. The van der Waals surface area contributed by atoms with Crippen LogP contribution in [0.2, 0.25) is 0 Å². The number of carboxylic acids is 1. The smallest absolute Gasteiger partial charge is 0.323 e. The predicted octanol–water partition coefficient (Wildman–Crippen LogP) is 4.25.